The number of methoxy groups -OCH3 is 2. The van der Waals surface area contributed by atoms with Crippen LogP contribution in [0.1, 0.15) is 53.5 Å². The summed E-state index contributed by atoms with van der Waals surface area (Å²) in [6.07, 6.45) is 5.63. The summed E-state index contributed by atoms with van der Waals surface area (Å²) in [5.74, 6) is 0.874. The monoisotopic (exact) mass is 512 g/mol. The Balaban J connectivity index is 1.72. The SMILES string of the molecule is COc1ccc([C@@H](C(=O)NC2CCCCC2)N(Cc2cccs2)C(=O)Cc2cccs2)cc1OC. The summed E-state index contributed by atoms with van der Waals surface area (Å²) >= 11 is 3.13. The van der Waals surface area contributed by atoms with Crippen LogP contribution in [-0.4, -0.2) is 37.0 Å². The largest absolute Gasteiger partial charge is 0.493 e. The molecule has 6 nitrogen and oxygen atoms in total. The normalized spacial score (nSPS) is 14.8. The van der Waals surface area contributed by atoms with Gasteiger partial charge in [0.25, 0.3) is 0 Å². The molecule has 0 radical (unpaired) electrons. The third kappa shape index (κ3) is 6.44. The van der Waals surface area contributed by atoms with Crippen LogP contribution in [0.4, 0.5) is 0 Å². The Hall–Kier alpha value is -2.84. The zero-order valence-corrected chi connectivity index (χ0v) is 21.8. The highest BCUT2D eigenvalue weighted by molar-refractivity contribution is 7.10. The van der Waals surface area contributed by atoms with E-state index in [0.717, 1.165) is 35.4 Å². The third-order valence-electron chi connectivity index (χ3n) is 6.37. The maximum atomic E-state index is 13.9. The van der Waals surface area contributed by atoms with E-state index in [0.29, 0.717) is 23.6 Å². The molecule has 1 atom stereocenters. The van der Waals surface area contributed by atoms with Crippen molar-refractivity contribution in [2.45, 2.75) is 57.2 Å². The van der Waals surface area contributed by atoms with Crippen LogP contribution in [0, 0.1) is 0 Å². The number of rotatable bonds is 10. The summed E-state index contributed by atoms with van der Waals surface area (Å²) in [4.78, 5) is 31.3. The van der Waals surface area contributed by atoms with Crippen molar-refractivity contribution in [3.63, 3.8) is 0 Å². The fourth-order valence-electron chi connectivity index (χ4n) is 4.58. The van der Waals surface area contributed by atoms with Gasteiger partial charge in [-0.3, -0.25) is 9.59 Å². The molecule has 1 fully saturated rings. The topological polar surface area (TPSA) is 67.9 Å². The van der Waals surface area contributed by atoms with Crippen LogP contribution in [0.15, 0.2) is 53.2 Å². The Bertz CT molecular complexity index is 1090. The highest BCUT2D eigenvalue weighted by Crippen LogP contribution is 2.34. The zero-order chi connectivity index (χ0) is 24.6. The standard InChI is InChI=1S/C27H32N2O4S2/c1-32-23-13-12-19(16-24(23)33-2)26(27(31)28-20-8-4-3-5-9-20)29(18-22-11-7-15-35-22)25(30)17-21-10-6-14-34-21/h6-7,10-16,20,26H,3-5,8-9,17-18H2,1-2H3,(H,28,31)/t26-/m0/s1. The first kappa shape index (κ1) is 25.3. The van der Waals surface area contributed by atoms with Crippen molar-refractivity contribution in [3.8, 4) is 11.5 Å². The number of nitrogens with one attached hydrogen (secondary N) is 1. The molecule has 2 aromatic heterocycles. The number of thiophene rings is 2. The molecular formula is C27H32N2O4S2. The van der Waals surface area contributed by atoms with Gasteiger partial charge in [-0.1, -0.05) is 37.5 Å². The van der Waals surface area contributed by atoms with Gasteiger partial charge in [0.15, 0.2) is 11.5 Å². The third-order valence-corrected chi connectivity index (χ3v) is 8.10. The van der Waals surface area contributed by atoms with E-state index >= 15 is 0 Å². The van der Waals surface area contributed by atoms with E-state index in [9.17, 15) is 9.59 Å². The number of carbonyl (C=O) groups excluding carboxylic acids is 2. The Labute approximate surface area is 214 Å². The predicted octanol–water partition coefficient (Wildman–Crippen LogP) is 5.59. The molecule has 1 aliphatic rings. The van der Waals surface area contributed by atoms with E-state index in [1.165, 1.54) is 6.42 Å². The Morgan fingerprint density at radius 2 is 1.66 bits per heavy atom. The molecule has 4 rings (SSSR count). The second-order valence-electron chi connectivity index (χ2n) is 8.72. The lowest BCUT2D eigenvalue weighted by atomic mass is 9.94. The van der Waals surface area contributed by atoms with Crippen LogP contribution in [0.3, 0.4) is 0 Å². The molecule has 8 heteroatoms. The molecule has 0 saturated heterocycles. The van der Waals surface area contributed by atoms with Crippen molar-refractivity contribution in [3.05, 3.63) is 68.5 Å². The summed E-state index contributed by atoms with van der Waals surface area (Å²) in [7, 11) is 3.16. The average Bonchev–Trinajstić information content (AvgIpc) is 3.58. The van der Waals surface area contributed by atoms with E-state index in [1.54, 1.807) is 47.9 Å². The molecule has 2 heterocycles. The highest BCUT2D eigenvalue weighted by atomic mass is 32.1. The smallest absolute Gasteiger partial charge is 0.247 e. The molecule has 35 heavy (non-hydrogen) atoms. The van der Waals surface area contributed by atoms with Crippen molar-refractivity contribution in [1.82, 2.24) is 10.2 Å². The molecule has 1 saturated carbocycles. The number of amides is 2. The van der Waals surface area contributed by atoms with Gasteiger partial charge in [-0.15, -0.1) is 22.7 Å². The Kier molecular flexibility index (Phi) is 8.82. The van der Waals surface area contributed by atoms with Gasteiger partial charge in [-0.25, -0.2) is 0 Å². The minimum absolute atomic E-state index is 0.0839. The number of nitrogens with zero attached hydrogens (tertiary/aromatic N) is 1. The summed E-state index contributed by atoms with van der Waals surface area (Å²) in [5, 5.41) is 7.22. The number of ether oxygens (including phenoxy) is 2. The van der Waals surface area contributed by atoms with Crippen LogP contribution in [0.25, 0.3) is 0 Å². The molecule has 0 spiro atoms. The lowest BCUT2D eigenvalue weighted by Crippen LogP contribution is -2.47. The van der Waals surface area contributed by atoms with Crippen LogP contribution in [0.2, 0.25) is 0 Å². The van der Waals surface area contributed by atoms with Crippen LogP contribution in [0.5, 0.6) is 11.5 Å². The van der Waals surface area contributed by atoms with E-state index < -0.39 is 6.04 Å². The van der Waals surface area contributed by atoms with Gasteiger partial charge < -0.3 is 19.7 Å². The maximum Gasteiger partial charge on any atom is 0.247 e. The Morgan fingerprint density at radius 1 is 0.971 bits per heavy atom. The molecule has 2 amide bonds. The van der Waals surface area contributed by atoms with Crippen molar-refractivity contribution in [1.29, 1.82) is 0 Å². The molecule has 1 aliphatic carbocycles. The first-order valence-corrected chi connectivity index (χ1v) is 13.7. The van der Waals surface area contributed by atoms with Crippen molar-refractivity contribution in [2.24, 2.45) is 0 Å². The minimum Gasteiger partial charge on any atom is -0.493 e. The van der Waals surface area contributed by atoms with Gasteiger partial charge in [0.2, 0.25) is 11.8 Å². The quantitative estimate of drug-likeness (QED) is 0.385. The first-order chi connectivity index (χ1) is 17.1. The Morgan fingerprint density at radius 3 is 2.29 bits per heavy atom. The van der Waals surface area contributed by atoms with Crippen molar-refractivity contribution in [2.75, 3.05) is 14.2 Å². The number of hydrogen-bond donors (Lipinski definition) is 1. The van der Waals surface area contributed by atoms with Gasteiger partial charge in [0, 0.05) is 15.8 Å². The van der Waals surface area contributed by atoms with Crippen LogP contribution < -0.4 is 14.8 Å². The van der Waals surface area contributed by atoms with Crippen molar-refractivity contribution >= 4 is 34.5 Å². The van der Waals surface area contributed by atoms with E-state index in [4.69, 9.17) is 9.47 Å². The van der Waals surface area contributed by atoms with Gasteiger partial charge in [-0.2, -0.15) is 0 Å². The molecule has 0 bridgehead atoms. The van der Waals surface area contributed by atoms with Gasteiger partial charge >= 0.3 is 0 Å². The second kappa shape index (κ2) is 12.2. The average molecular weight is 513 g/mol. The van der Waals surface area contributed by atoms with E-state index in [-0.39, 0.29) is 24.3 Å². The fraction of sp³-hybridized carbons (Fsp3) is 0.407. The highest BCUT2D eigenvalue weighted by Gasteiger charge is 2.34. The lowest BCUT2D eigenvalue weighted by molar-refractivity contribution is -0.141. The van der Waals surface area contributed by atoms with E-state index in [2.05, 4.69) is 5.32 Å². The molecular weight excluding hydrogens is 480 g/mol. The van der Waals surface area contributed by atoms with Gasteiger partial charge in [-0.05, 0) is 53.4 Å². The predicted molar refractivity (Wildman–Crippen MR) is 140 cm³/mol. The van der Waals surface area contributed by atoms with E-state index in [1.807, 2.05) is 47.2 Å². The molecule has 186 valence electrons. The van der Waals surface area contributed by atoms with Crippen molar-refractivity contribution < 1.29 is 19.1 Å². The summed E-state index contributed by atoms with van der Waals surface area (Å²) in [6.45, 7) is 0.360. The minimum atomic E-state index is -0.786. The summed E-state index contributed by atoms with van der Waals surface area (Å²) in [5.41, 5.74) is 0.701. The zero-order valence-electron chi connectivity index (χ0n) is 20.2. The number of carbonyl (C=O) groups is 2. The van der Waals surface area contributed by atoms with Crippen LogP contribution >= 0.6 is 22.7 Å². The van der Waals surface area contributed by atoms with Crippen LogP contribution in [-0.2, 0) is 22.6 Å². The summed E-state index contributed by atoms with van der Waals surface area (Å²) < 4.78 is 10.9. The lowest BCUT2D eigenvalue weighted by Gasteiger charge is -2.33. The van der Waals surface area contributed by atoms with Gasteiger partial charge in [0.1, 0.15) is 6.04 Å². The first-order valence-electron chi connectivity index (χ1n) is 12.0. The van der Waals surface area contributed by atoms with Gasteiger partial charge in [0.05, 0.1) is 27.2 Å². The molecule has 1 N–H and O–H groups in total. The number of benzene rings is 1. The maximum absolute atomic E-state index is 13.9. The molecule has 0 aliphatic heterocycles. The summed E-state index contributed by atoms with van der Waals surface area (Å²) in [6, 6.07) is 12.7. The molecule has 0 unspecified atom stereocenters. The second-order valence-corrected chi connectivity index (χ2v) is 10.8. The molecule has 1 aromatic carbocycles. The number of hydrogen-bond acceptors (Lipinski definition) is 6. The fourth-order valence-corrected chi connectivity index (χ4v) is 5.98. The molecule has 3 aromatic rings.